The molecule has 1 aliphatic heterocycles. The zero-order valence-electron chi connectivity index (χ0n) is 16.4. The smallest absolute Gasteiger partial charge is 0.255 e. The summed E-state index contributed by atoms with van der Waals surface area (Å²) in [6.45, 7) is 7.09. The molecule has 2 heterocycles. The number of likely N-dealkylation sites (tertiary alicyclic amines) is 1. The third kappa shape index (κ3) is 3.70. The lowest BCUT2D eigenvalue weighted by Crippen LogP contribution is -3.12. The maximum Gasteiger partial charge on any atom is 0.255 e. The summed E-state index contributed by atoms with van der Waals surface area (Å²) < 4.78 is 5.91. The van der Waals surface area contributed by atoms with Gasteiger partial charge in [-0.2, -0.15) is 0 Å². The highest BCUT2D eigenvalue weighted by atomic mass is 16.3. The van der Waals surface area contributed by atoms with Crippen LogP contribution < -0.4 is 10.2 Å². The molecule has 2 fully saturated rings. The highest BCUT2D eigenvalue weighted by Gasteiger charge is 2.28. The largest absolute Gasteiger partial charge is 0.507 e. The van der Waals surface area contributed by atoms with Crippen LogP contribution >= 0.6 is 0 Å². The lowest BCUT2D eigenvalue weighted by Gasteiger charge is -2.28. The van der Waals surface area contributed by atoms with Crippen molar-refractivity contribution in [1.82, 2.24) is 5.32 Å². The van der Waals surface area contributed by atoms with Crippen molar-refractivity contribution in [3.05, 3.63) is 29.0 Å². The average molecular weight is 372 g/mol. The van der Waals surface area contributed by atoms with Crippen LogP contribution in [0.1, 0.15) is 67.1 Å². The zero-order valence-corrected chi connectivity index (χ0v) is 16.4. The van der Waals surface area contributed by atoms with Gasteiger partial charge < -0.3 is 19.7 Å². The minimum atomic E-state index is -0.0630. The number of fused-ring (bicyclic) bond motifs is 1. The number of phenolic OH excluding ortho intramolecular Hbond substituents is 1. The number of amides is 1. The Morgan fingerprint density at radius 1 is 1.26 bits per heavy atom. The first-order valence-electron chi connectivity index (χ1n) is 10.4. The molecule has 146 valence electrons. The third-order valence-corrected chi connectivity index (χ3v) is 6.32. The average Bonchev–Trinajstić information content (AvgIpc) is 3.24. The monoisotopic (exact) mass is 371 g/mol. The Balaban J connectivity index is 1.69. The number of piperidine rings is 1. The van der Waals surface area contributed by atoms with Crippen LogP contribution in [0.3, 0.4) is 0 Å². The highest BCUT2D eigenvalue weighted by molar-refractivity contribution is 6.09. The number of benzene rings is 1. The molecule has 3 N–H and O–H groups in total. The molecule has 2 atom stereocenters. The van der Waals surface area contributed by atoms with Crippen molar-refractivity contribution < 1.29 is 19.2 Å². The fraction of sp³-hybridized carbons (Fsp3) is 0.591. The van der Waals surface area contributed by atoms with E-state index in [1.54, 1.807) is 12.1 Å². The molecule has 4 rings (SSSR count). The van der Waals surface area contributed by atoms with E-state index in [9.17, 15) is 9.90 Å². The van der Waals surface area contributed by atoms with Crippen molar-refractivity contribution in [3.8, 4) is 5.75 Å². The topological polar surface area (TPSA) is 66.9 Å². The van der Waals surface area contributed by atoms with Crippen LogP contribution in [-0.2, 0) is 6.54 Å². The van der Waals surface area contributed by atoms with Gasteiger partial charge in [0.15, 0.2) is 0 Å². The number of nitrogens with one attached hydrogen (secondary N) is 2. The lowest BCUT2D eigenvalue weighted by molar-refractivity contribution is -0.922. The molecule has 1 aliphatic carbocycles. The van der Waals surface area contributed by atoms with Crippen LogP contribution in [0.4, 0.5) is 0 Å². The van der Waals surface area contributed by atoms with E-state index in [0.29, 0.717) is 22.8 Å². The predicted molar refractivity (Wildman–Crippen MR) is 105 cm³/mol. The summed E-state index contributed by atoms with van der Waals surface area (Å²) in [5.74, 6) is 1.54. The lowest BCUT2D eigenvalue weighted by atomic mass is 9.98. The number of hydrogen-bond acceptors (Lipinski definition) is 3. The van der Waals surface area contributed by atoms with Crippen LogP contribution in [0, 0.1) is 12.8 Å². The number of rotatable bonds is 4. The molecule has 2 aromatic rings. The molecular weight excluding hydrogens is 340 g/mol. The molecule has 1 unspecified atom stereocenters. The van der Waals surface area contributed by atoms with Gasteiger partial charge in [0.2, 0.25) is 0 Å². The van der Waals surface area contributed by atoms with Crippen LogP contribution in [0.2, 0.25) is 0 Å². The maximum atomic E-state index is 13.0. The number of aromatic hydroxyl groups is 1. The Kier molecular flexibility index (Phi) is 5.13. The minimum absolute atomic E-state index is 0.0630. The molecule has 27 heavy (non-hydrogen) atoms. The van der Waals surface area contributed by atoms with E-state index in [-0.39, 0.29) is 17.7 Å². The Labute approximate surface area is 160 Å². The first-order chi connectivity index (χ1) is 13.0. The summed E-state index contributed by atoms with van der Waals surface area (Å²) in [6.07, 6.45) is 6.95. The molecule has 5 nitrogen and oxygen atoms in total. The minimum Gasteiger partial charge on any atom is -0.507 e. The molecule has 0 spiro atoms. The zero-order chi connectivity index (χ0) is 19.0. The van der Waals surface area contributed by atoms with E-state index < -0.39 is 0 Å². The van der Waals surface area contributed by atoms with Crippen molar-refractivity contribution in [2.45, 2.75) is 65.0 Å². The van der Waals surface area contributed by atoms with Gasteiger partial charge in [-0.25, -0.2) is 0 Å². The highest BCUT2D eigenvalue weighted by Crippen LogP contribution is 2.34. The van der Waals surface area contributed by atoms with Gasteiger partial charge in [0.25, 0.3) is 5.91 Å². The Morgan fingerprint density at radius 3 is 2.78 bits per heavy atom. The normalized spacial score (nSPS) is 23.8. The molecule has 5 heteroatoms. The van der Waals surface area contributed by atoms with Gasteiger partial charge in [-0.1, -0.05) is 19.8 Å². The third-order valence-electron chi connectivity index (χ3n) is 6.32. The standard InChI is InChI=1S/C22H30N2O3/c1-14-6-5-11-24(12-14)13-17-18(25)9-10-19-21(17)20(15(2)27-19)22(26)23-16-7-3-4-8-16/h9-10,14,16,25H,3-8,11-13H2,1-2H3,(H,23,26)/p+1/t14-/m0/s1. The van der Waals surface area contributed by atoms with Crippen molar-refractivity contribution in [1.29, 1.82) is 0 Å². The van der Waals surface area contributed by atoms with Crippen LogP contribution in [0.5, 0.6) is 5.75 Å². The van der Waals surface area contributed by atoms with E-state index in [4.69, 9.17) is 4.42 Å². The van der Waals surface area contributed by atoms with Crippen LogP contribution in [0.15, 0.2) is 16.5 Å². The number of carbonyl (C=O) groups excluding carboxylic acids is 1. The van der Waals surface area contributed by atoms with Gasteiger partial charge >= 0.3 is 0 Å². The summed E-state index contributed by atoms with van der Waals surface area (Å²) in [6, 6.07) is 3.74. The SMILES string of the molecule is Cc1oc2ccc(O)c(C[NH+]3CCC[C@H](C)C3)c2c1C(=O)NC1CCCC1. The second-order valence-corrected chi connectivity index (χ2v) is 8.55. The molecule has 1 aromatic carbocycles. The number of carbonyl (C=O) groups is 1. The van der Waals surface area contributed by atoms with E-state index >= 15 is 0 Å². The van der Waals surface area contributed by atoms with Crippen LogP contribution in [0.25, 0.3) is 11.0 Å². The summed E-state index contributed by atoms with van der Waals surface area (Å²) >= 11 is 0. The van der Waals surface area contributed by atoms with Gasteiger partial charge in [-0.3, -0.25) is 4.79 Å². The van der Waals surface area contributed by atoms with Crippen LogP contribution in [-0.4, -0.2) is 30.1 Å². The van der Waals surface area contributed by atoms with Crippen molar-refractivity contribution in [2.24, 2.45) is 5.92 Å². The second-order valence-electron chi connectivity index (χ2n) is 8.55. The fourth-order valence-corrected chi connectivity index (χ4v) is 4.95. The maximum absolute atomic E-state index is 13.0. The molecule has 2 aliphatic rings. The van der Waals surface area contributed by atoms with Crippen molar-refractivity contribution in [3.63, 3.8) is 0 Å². The summed E-state index contributed by atoms with van der Waals surface area (Å²) in [5.41, 5.74) is 2.15. The first-order valence-corrected chi connectivity index (χ1v) is 10.4. The summed E-state index contributed by atoms with van der Waals surface area (Å²) in [5, 5.41) is 14.6. The van der Waals surface area contributed by atoms with Gasteiger partial charge in [0.05, 0.1) is 24.2 Å². The molecule has 1 amide bonds. The molecule has 0 radical (unpaired) electrons. The Morgan fingerprint density at radius 2 is 2.04 bits per heavy atom. The Hall–Kier alpha value is -2.01. The van der Waals surface area contributed by atoms with E-state index in [0.717, 1.165) is 43.4 Å². The van der Waals surface area contributed by atoms with E-state index in [1.165, 1.54) is 30.6 Å². The number of hydrogen-bond donors (Lipinski definition) is 3. The summed E-state index contributed by atoms with van der Waals surface area (Å²) in [4.78, 5) is 14.5. The van der Waals surface area contributed by atoms with Gasteiger partial charge in [-0.05, 0) is 44.7 Å². The quantitative estimate of drug-likeness (QED) is 0.774. The second kappa shape index (κ2) is 7.55. The van der Waals surface area contributed by atoms with Crippen molar-refractivity contribution in [2.75, 3.05) is 13.1 Å². The number of phenols is 1. The molecular formula is C22H31N2O3+. The van der Waals surface area contributed by atoms with E-state index in [2.05, 4.69) is 12.2 Å². The molecule has 1 aromatic heterocycles. The molecule has 1 saturated heterocycles. The molecule has 0 bridgehead atoms. The van der Waals surface area contributed by atoms with E-state index in [1.807, 2.05) is 6.92 Å². The van der Waals surface area contributed by atoms with Gasteiger partial charge in [0.1, 0.15) is 23.6 Å². The van der Waals surface area contributed by atoms with Gasteiger partial charge in [0, 0.05) is 17.3 Å². The summed E-state index contributed by atoms with van der Waals surface area (Å²) in [7, 11) is 0. The predicted octanol–water partition coefficient (Wildman–Crippen LogP) is 2.93. The number of aryl methyl sites for hydroxylation is 1. The number of furan rings is 1. The fourth-order valence-electron chi connectivity index (χ4n) is 4.95. The Bertz CT molecular complexity index is 836. The van der Waals surface area contributed by atoms with Crippen molar-refractivity contribution >= 4 is 16.9 Å². The first kappa shape index (κ1) is 18.4. The van der Waals surface area contributed by atoms with Gasteiger partial charge in [-0.15, -0.1) is 0 Å². The molecule has 1 saturated carbocycles. The number of quaternary nitrogens is 1.